The van der Waals surface area contributed by atoms with Crippen molar-refractivity contribution in [3.8, 4) is 28.1 Å². The number of nitrogens with two attached hydrogens (primary N) is 1. The minimum absolute atomic E-state index is 0.0165. The van der Waals surface area contributed by atoms with Crippen molar-refractivity contribution in [3.63, 3.8) is 0 Å². The van der Waals surface area contributed by atoms with Gasteiger partial charge in [0.15, 0.2) is 0 Å². The number of aromatic amines is 2. The van der Waals surface area contributed by atoms with Crippen molar-refractivity contribution in [2.75, 3.05) is 6.61 Å². The first kappa shape index (κ1) is 22.7. The zero-order valence-corrected chi connectivity index (χ0v) is 18.5. The van der Waals surface area contributed by atoms with Gasteiger partial charge in [-0.05, 0) is 40.5 Å². The Labute approximate surface area is 198 Å². The van der Waals surface area contributed by atoms with E-state index in [1.54, 1.807) is 18.3 Å². The molecule has 0 atom stereocenters. The summed E-state index contributed by atoms with van der Waals surface area (Å²) in [6, 6.07) is 11.5. The number of nitrogens with one attached hydrogen (secondary N) is 3. The number of ether oxygens (including phenoxy) is 1. The highest BCUT2D eigenvalue weighted by Crippen LogP contribution is 2.37. The lowest BCUT2D eigenvalue weighted by atomic mass is 9.97. The van der Waals surface area contributed by atoms with Crippen LogP contribution in [0.15, 0.2) is 54.9 Å². The van der Waals surface area contributed by atoms with Gasteiger partial charge in [-0.15, -0.1) is 0 Å². The fraction of sp³-hybridized carbons (Fsp3) is 0.200. The molecular weight excluding hydrogens is 459 g/mol. The predicted molar refractivity (Wildman–Crippen MR) is 124 cm³/mol. The first-order valence-electron chi connectivity index (χ1n) is 11.0. The number of carbonyl (C=O) groups excluding carboxylic acids is 1. The smallest absolute Gasteiger partial charge is 0.416 e. The number of nitrogens with zero attached hydrogens (tertiary/aromatic N) is 1. The maximum absolute atomic E-state index is 13.5. The number of amides is 1. The molecule has 3 heterocycles. The molecule has 35 heavy (non-hydrogen) atoms. The molecule has 1 amide bonds. The highest BCUT2D eigenvalue weighted by molar-refractivity contribution is 5.94. The van der Waals surface area contributed by atoms with E-state index < -0.39 is 11.7 Å². The maximum Gasteiger partial charge on any atom is 0.416 e. The highest BCUT2D eigenvalue weighted by Gasteiger charge is 2.33. The Bertz CT molecular complexity index is 1390. The number of alkyl halides is 3. The molecular formula is C25H22F3N5O2. The third kappa shape index (κ3) is 4.52. The van der Waals surface area contributed by atoms with Crippen LogP contribution in [0.25, 0.3) is 22.4 Å². The van der Waals surface area contributed by atoms with Gasteiger partial charge >= 0.3 is 6.18 Å². The van der Waals surface area contributed by atoms with Gasteiger partial charge in [0.05, 0.1) is 24.1 Å². The second-order valence-electron chi connectivity index (χ2n) is 8.26. The van der Waals surface area contributed by atoms with Crippen molar-refractivity contribution >= 4 is 5.91 Å². The molecule has 0 unspecified atom stereocenters. The van der Waals surface area contributed by atoms with Crippen molar-refractivity contribution in [3.05, 3.63) is 82.8 Å². The zero-order chi connectivity index (χ0) is 24.6. The normalized spacial score (nSPS) is 12.9. The van der Waals surface area contributed by atoms with Crippen molar-refractivity contribution in [2.45, 2.75) is 25.7 Å². The summed E-state index contributed by atoms with van der Waals surface area (Å²) in [6.45, 7) is 0.799. The molecule has 0 fully saturated rings. The summed E-state index contributed by atoms with van der Waals surface area (Å²) in [7, 11) is 0. The second-order valence-corrected chi connectivity index (χ2v) is 8.26. The summed E-state index contributed by atoms with van der Waals surface area (Å²) in [5.74, 6) is 0.574. The molecule has 10 heteroatoms. The van der Waals surface area contributed by atoms with Gasteiger partial charge in [0.25, 0.3) is 5.91 Å². The Morgan fingerprint density at radius 2 is 2.00 bits per heavy atom. The molecule has 0 radical (unpaired) electrons. The van der Waals surface area contributed by atoms with Gasteiger partial charge < -0.3 is 20.8 Å². The Hall–Kier alpha value is -4.05. The third-order valence-electron chi connectivity index (χ3n) is 6.01. The topological polar surface area (TPSA) is 109 Å². The van der Waals surface area contributed by atoms with Crippen LogP contribution in [-0.4, -0.2) is 27.7 Å². The molecule has 4 aromatic rings. The average molecular weight is 481 g/mol. The van der Waals surface area contributed by atoms with Crippen LogP contribution >= 0.6 is 0 Å². The van der Waals surface area contributed by atoms with E-state index in [9.17, 15) is 18.0 Å². The first-order valence-corrected chi connectivity index (χ1v) is 11.0. The Balaban J connectivity index is 1.35. The molecule has 1 aliphatic rings. The summed E-state index contributed by atoms with van der Waals surface area (Å²) in [5, 5.41) is 9.71. The molecule has 0 saturated heterocycles. The van der Waals surface area contributed by atoms with E-state index in [0.29, 0.717) is 41.2 Å². The van der Waals surface area contributed by atoms with Gasteiger partial charge in [0, 0.05) is 36.8 Å². The first-order chi connectivity index (χ1) is 16.8. The van der Waals surface area contributed by atoms with E-state index >= 15 is 0 Å². The monoisotopic (exact) mass is 481 g/mol. The maximum atomic E-state index is 13.5. The molecule has 0 saturated carbocycles. The van der Waals surface area contributed by atoms with Gasteiger partial charge in [0.1, 0.15) is 11.4 Å². The number of halogens is 3. The number of H-pyrrole nitrogens is 2. The van der Waals surface area contributed by atoms with Crippen LogP contribution < -0.4 is 15.8 Å². The quantitative estimate of drug-likeness (QED) is 0.327. The fourth-order valence-electron chi connectivity index (χ4n) is 4.21. The molecule has 5 rings (SSSR count). The van der Waals surface area contributed by atoms with E-state index in [4.69, 9.17) is 10.5 Å². The van der Waals surface area contributed by atoms with E-state index in [0.717, 1.165) is 29.4 Å². The SMILES string of the molecule is NCc1ccc(-c2cn[nH]c2-c2c[nH]c(C(=O)NCc3ccc4c(c3)CCO4)c2)cc1C(F)(F)F. The van der Waals surface area contributed by atoms with Gasteiger partial charge in [-0.2, -0.15) is 18.3 Å². The van der Waals surface area contributed by atoms with Gasteiger partial charge in [-0.25, -0.2) is 0 Å². The van der Waals surface area contributed by atoms with Crippen molar-refractivity contribution in [2.24, 2.45) is 5.73 Å². The molecule has 1 aliphatic heterocycles. The summed E-state index contributed by atoms with van der Waals surface area (Å²) in [6.07, 6.45) is -0.613. The Morgan fingerprint density at radius 1 is 1.14 bits per heavy atom. The molecule has 2 aromatic carbocycles. The third-order valence-corrected chi connectivity index (χ3v) is 6.01. The van der Waals surface area contributed by atoms with Crippen LogP contribution in [0.2, 0.25) is 0 Å². The van der Waals surface area contributed by atoms with Crippen LogP contribution in [0.3, 0.4) is 0 Å². The Kier molecular flexibility index (Phi) is 5.81. The van der Waals surface area contributed by atoms with E-state index in [2.05, 4.69) is 20.5 Å². The summed E-state index contributed by atoms with van der Waals surface area (Å²) >= 11 is 0. The minimum Gasteiger partial charge on any atom is -0.493 e. The van der Waals surface area contributed by atoms with Gasteiger partial charge in [0.2, 0.25) is 0 Å². The van der Waals surface area contributed by atoms with Crippen molar-refractivity contribution < 1.29 is 22.7 Å². The molecule has 0 aliphatic carbocycles. The standard InChI is InChI=1S/C25H22F3N5O2/c26-25(27,28)20-8-15(2-3-17(20)10-29)19-13-32-33-23(19)18-9-21(30-12-18)24(34)31-11-14-1-4-22-16(7-14)5-6-35-22/h1-4,7-9,12-13,30H,5-6,10-11,29H2,(H,31,34)(H,32,33). The molecule has 180 valence electrons. The van der Waals surface area contributed by atoms with E-state index in [-0.39, 0.29) is 18.0 Å². The number of fused-ring (bicyclic) bond motifs is 1. The van der Waals surface area contributed by atoms with E-state index in [1.807, 2.05) is 18.2 Å². The number of rotatable bonds is 6. The average Bonchev–Trinajstić information content (AvgIpc) is 3.61. The lowest BCUT2D eigenvalue weighted by Gasteiger charge is -2.13. The fourth-order valence-corrected chi connectivity index (χ4v) is 4.21. The number of aromatic nitrogens is 3. The van der Waals surface area contributed by atoms with Gasteiger partial charge in [-0.3, -0.25) is 9.89 Å². The van der Waals surface area contributed by atoms with Gasteiger partial charge in [-0.1, -0.05) is 24.3 Å². The van der Waals surface area contributed by atoms with Crippen LogP contribution in [-0.2, 0) is 25.7 Å². The summed E-state index contributed by atoms with van der Waals surface area (Å²) in [4.78, 5) is 15.6. The Morgan fingerprint density at radius 3 is 2.80 bits per heavy atom. The zero-order valence-electron chi connectivity index (χ0n) is 18.5. The van der Waals surface area contributed by atoms with Crippen LogP contribution in [0.1, 0.15) is 32.7 Å². The van der Waals surface area contributed by atoms with Crippen LogP contribution in [0.5, 0.6) is 5.75 Å². The largest absolute Gasteiger partial charge is 0.493 e. The van der Waals surface area contributed by atoms with Crippen molar-refractivity contribution in [1.29, 1.82) is 0 Å². The van der Waals surface area contributed by atoms with Crippen LogP contribution in [0, 0.1) is 0 Å². The lowest BCUT2D eigenvalue weighted by Crippen LogP contribution is -2.23. The highest BCUT2D eigenvalue weighted by atomic mass is 19.4. The van der Waals surface area contributed by atoms with E-state index in [1.165, 1.54) is 12.3 Å². The molecule has 2 aromatic heterocycles. The number of hydrogen-bond donors (Lipinski definition) is 4. The summed E-state index contributed by atoms with van der Waals surface area (Å²) in [5.41, 5.74) is 9.03. The lowest BCUT2D eigenvalue weighted by molar-refractivity contribution is -0.138. The van der Waals surface area contributed by atoms with Crippen molar-refractivity contribution in [1.82, 2.24) is 20.5 Å². The predicted octanol–water partition coefficient (Wildman–Crippen LogP) is 4.41. The number of carbonyl (C=O) groups is 1. The molecule has 0 spiro atoms. The molecule has 7 nitrogen and oxygen atoms in total. The van der Waals surface area contributed by atoms with Crippen LogP contribution in [0.4, 0.5) is 13.2 Å². The molecule has 5 N–H and O–H groups in total. The molecule has 0 bridgehead atoms. The number of benzene rings is 2. The minimum atomic E-state index is -4.53. The second kappa shape index (κ2) is 8.95. The summed E-state index contributed by atoms with van der Waals surface area (Å²) < 4.78 is 46.0. The number of hydrogen-bond acceptors (Lipinski definition) is 4.